The van der Waals surface area contributed by atoms with Gasteiger partial charge in [-0.25, -0.2) is 4.98 Å². The number of rotatable bonds is 10. The van der Waals surface area contributed by atoms with Gasteiger partial charge in [0, 0.05) is 53.0 Å². The molecule has 7 heteroatoms. The van der Waals surface area contributed by atoms with E-state index < -0.39 is 0 Å². The van der Waals surface area contributed by atoms with Crippen LogP contribution in [-0.2, 0) is 17.8 Å². The SMILES string of the molecule is Cc1c(OCCCCn2ccnc2-c2ccc(Cl)cc2Cl)ccc(CC(=O)C(C)C)c1O. The maximum atomic E-state index is 12.0. The van der Waals surface area contributed by atoms with Gasteiger partial charge in [0.15, 0.2) is 0 Å². The monoisotopic (exact) mass is 474 g/mol. The molecule has 0 aliphatic carbocycles. The van der Waals surface area contributed by atoms with Gasteiger partial charge in [-0.3, -0.25) is 4.79 Å². The number of phenols is 1. The van der Waals surface area contributed by atoms with E-state index in [-0.39, 0.29) is 23.9 Å². The number of aryl methyl sites for hydroxylation is 1. The van der Waals surface area contributed by atoms with Crippen LogP contribution in [0.4, 0.5) is 0 Å². The zero-order chi connectivity index (χ0) is 23.3. The smallest absolute Gasteiger partial charge is 0.141 e. The molecule has 0 fully saturated rings. The first-order valence-electron chi connectivity index (χ1n) is 10.7. The number of imidazole rings is 1. The van der Waals surface area contributed by atoms with E-state index in [4.69, 9.17) is 27.9 Å². The third-order valence-corrected chi connectivity index (χ3v) is 5.96. The Morgan fingerprint density at radius 3 is 2.69 bits per heavy atom. The van der Waals surface area contributed by atoms with Gasteiger partial charge in [0.2, 0.25) is 0 Å². The van der Waals surface area contributed by atoms with Crippen LogP contribution in [0.25, 0.3) is 11.4 Å². The summed E-state index contributed by atoms with van der Waals surface area (Å²) in [4.78, 5) is 16.4. The largest absolute Gasteiger partial charge is 0.507 e. The number of unbranched alkanes of at least 4 members (excludes halogenated alkanes) is 1. The fraction of sp³-hybridized carbons (Fsp3) is 0.360. The van der Waals surface area contributed by atoms with E-state index in [1.165, 1.54) is 0 Å². The lowest BCUT2D eigenvalue weighted by molar-refractivity contribution is -0.121. The Morgan fingerprint density at radius 1 is 1.19 bits per heavy atom. The lowest BCUT2D eigenvalue weighted by Crippen LogP contribution is -2.10. The maximum absolute atomic E-state index is 12.0. The first kappa shape index (κ1) is 24.1. The van der Waals surface area contributed by atoms with Crippen LogP contribution in [0.3, 0.4) is 0 Å². The molecule has 0 bridgehead atoms. The molecule has 1 heterocycles. The molecule has 32 heavy (non-hydrogen) atoms. The molecular weight excluding hydrogens is 447 g/mol. The Kier molecular flexibility index (Phi) is 8.21. The van der Waals surface area contributed by atoms with Gasteiger partial charge in [0.1, 0.15) is 23.1 Å². The normalized spacial score (nSPS) is 11.2. The van der Waals surface area contributed by atoms with Crippen molar-refractivity contribution < 1.29 is 14.6 Å². The molecule has 0 amide bonds. The van der Waals surface area contributed by atoms with Crippen molar-refractivity contribution in [2.24, 2.45) is 5.92 Å². The molecule has 5 nitrogen and oxygen atoms in total. The molecule has 0 saturated heterocycles. The number of aromatic hydroxyl groups is 1. The summed E-state index contributed by atoms with van der Waals surface area (Å²) in [5.41, 5.74) is 2.15. The average molecular weight is 475 g/mol. The van der Waals surface area contributed by atoms with Gasteiger partial charge in [-0.1, -0.05) is 43.1 Å². The Hall–Kier alpha value is -2.50. The zero-order valence-electron chi connectivity index (χ0n) is 18.6. The standard InChI is InChI=1S/C25H28Cl2N2O3/c1-16(2)22(30)14-18-6-9-23(17(3)24(18)31)32-13-5-4-11-29-12-10-28-25(29)20-8-7-19(26)15-21(20)27/h6-10,12,15-16,31H,4-5,11,13-14H2,1-3H3. The number of phenolic OH excluding ortho intramolecular Hbond substituents is 1. The third-order valence-electron chi connectivity index (χ3n) is 5.41. The minimum absolute atomic E-state index is 0.0580. The molecule has 0 radical (unpaired) electrons. The van der Waals surface area contributed by atoms with Gasteiger partial charge in [-0.05, 0) is 44.0 Å². The summed E-state index contributed by atoms with van der Waals surface area (Å²) in [5, 5.41) is 11.6. The van der Waals surface area contributed by atoms with Gasteiger partial charge >= 0.3 is 0 Å². The number of halogens is 2. The van der Waals surface area contributed by atoms with Crippen molar-refractivity contribution >= 4 is 29.0 Å². The fourth-order valence-electron chi connectivity index (χ4n) is 3.40. The zero-order valence-corrected chi connectivity index (χ0v) is 20.1. The quantitative estimate of drug-likeness (QED) is 0.340. The van der Waals surface area contributed by atoms with E-state index in [1.807, 2.05) is 39.1 Å². The molecule has 1 aromatic heterocycles. The van der Waals surface area contributed by atoms with E-state index >= 15 is 0 Å². The Balaban J connectivity index is 1.53. The van der Waals surface area contributed by atoms with Crippen molar-refractivity contribution in [1.82, 2.24) is 9.55 Å². The van der Waals surface area contributed by atoms with Crippen LogP contribution in [0.5, 0.6) is 11.5 Å². The number of benzene rings is 2. The third kappa shape index (κ3) is 5.84. The minimum Gasteiger partial charge on any atom is -0.507 e. The summed E-state index contributed by atoms with van der Waals surface area (Å²) >= 11 is 12.3. The molecule has 0 unspecified atom stereocenters. The van der Waals surface area contributed by atoms with Crippen LogP contribution >= 0.6 is 23.2 Å². The number of Topliss-reactive ketones (excluding diaryl/α,β-unsaturated/α-hetero) is 1. The van der Waals surface area contributed by atoms with Crippen LogP contribution in [0.1, 0.15) is 37.8 Å². The highest BCUT2D eigenvalue weighted by molar-refractivity contribution is 6.36. The molecule has 1 N–H and O–H groups in total. The van der Waals surface area contributed by atoms with Gasteiger partial charge in [0.05, 0.1) is 11.6 Å². The second kappa shape index (κ2) is 10.9. The highest BCUT2D eigenvalue weighted by Crippen LogP contribution is 2.32. The van der Waals surface area contributed by atoms with Gasteiger partial charge < -0.3 is 14.4 Å². The second-order valence-electron chi connectivity index (χ2n) is 8.12. The van der Waals surface area contributed by atoms with Crippen LogP contribution in [0.15, 0.2) is 42.7 Å². The summed E-state index contributed by atoms with van der Waals surface area (Å²) in [6.45, 7) is 6.83. The topological polar surface area (TPSA) is 64.4 Å². The first-order chi connectivity index (χ1) is 15.3. The predicted octanol–water partition coefficient (Wildman–Crippen LogP) is 6.50. The van der Waals surface area contributed by atoms with Crippen molar-refractivity contribution in [3.63, 3.8) is 0 Å². The van der Waals surface area contributed by atoms with E-state index in [0.717, 1.165) is 30.8 Å². The summed E-state index contributed by atoms with van der Waals surface area (Å²) in [6.07, 6.45) is 5.64. The number of ether oxygens (including phenoxy) is 1. The van der Waals surface area contributed by atoms with Crippen LogP contribution in [0, 0.1) is 12.8 Å². The van der Waals surface area contributed by atoms with Gasteiger partial charge in [-0.15, -0.1) is 0 Å². The van der Waals surface area contributed by atoms with Crippen LogP contribution < -0.4 is 4.74 Å². The van der Waals surface area contributed by atoms with E-state index in [2.05, 4.69) is 9.55 Å². The van der Waals surface area contributed by atoms with Crippen molar-refractivity contribution in [2.75, 3.05) is 6.61 Å². The Morgan fingerprint density at radius 2 is 1.97 bits per heavy atom. The molecule has 0 atom stereocenters. The van der Waals surface area contributed by atoms with E-state index in [1.54, 1.807) is 24.4 Å². The van der Waals surface area contributed by atoms with E-state index in [0.29, 0.717) is 33.5 Å². The average Bonchev–Trinajstić information content (AvgIpc) is 3.20. The molecule has 2 aromatic carbocycles. The van der Waals surface area contributed by atoms with Crippen LogP contribution in [0.2, 0.25) is 10.0 Å². The number of hydrogen-bond donors (Lipinski definition) is 1. The number of aromatic nitrogens is 2. The fourth-order valence-corrected chi connectivity index (χ4v) is 3.89. The summed E-state index contributed by atoms with van der Waals surface area (Å²) in [5.74, 6) is 1.63. The van der Waals surface area contributed by atoms with Gasteiger partial charge in [0.25, 0.3) is 0 Å². The molecule has 0 spiro atoms. The van der Waals surface area contributed by atoms with Crippen molar-refractivity contribution in [3.8, 4) is 22.9 Å². The number of carbonyl (C=O) groups is 1. The first-order valence-corrected chi connectivity index (χ1v) is 11.5. The van der Waals surface area contributed by atoms with Crippen molar-refractivity contribution in [3.05, 3.63) is 63.9 Å². The molecule has 3 aromatic rings. The van der Waals surface area contributed by atoms with E-state index in [9.17, 15) is 9.90 Å². The lowest BCUT2D eigenvalue weighted by Gasteiger charge is -2.14. The molecule has 0 aliphatic rings. The van der Waals surface area contributed by atoms with Gasteiger partial charge in [-0.2, -0.15) is 0 Å². The highest BCUT2D eigenvalue weighted by atomic mass is 35.5. The number of hydrogen-bond acceptors (Lipinski definition) is 4. The number of nitrogens with zero attached hydrogens (tertiary/aromatic N) is 2. The number of ketones is 1. The molecule has 0 aliphatic heterocycles. The molecule has 3 rings (SSSR count). The molecule has 170 valence electrons. The lowest BCUT2D eigenvalue weighted by atomic mass is 9.98. The summed E-state index contributed by atoms with van der Waals surface area (Å²) in [7, 11) is 0. The van der Waals surface area contributed by atoms with Crippen molar-refractivity contribution in [2.45, 2.75) is 46.6 Å². The van der Waals surface area contributed by atoms with Crippen LogP contribution in [-0.4, -0.2) is 27.0 Å². The summed E-state index contributed by atoms with van der Waals surface area (Å²) in [6, 6.07) is 8.99. The summed E-state index contributed by atoms with van der Waals surface area (Å²) < 4.78 is 7.95. The number of carbonyl (C=O) groups excluding carboxylic acids is 1. The Labute approximate surface area is 199 Å². The maximum Gasteiger partial charge on any atom is 0.141 e. The predicted molar refractivity (Wildman–Crippen MR) is 129 cm³/mol. The highest BCUT2D eigenvalue weighted by Gasteiger charge is 2.15. The molecule has 0 saturated carbocycles. The minimum atomic E-state index is -0.0580. The Bertz CT molecular complexity index is 1090. The molecular formula is C25H28Cl2N2O3. The second-order valence-corrected chi connectivity index (χ2v) is 8.96. The van der Waals surface area contributed by atoms with Crippen molar-refractivity contribution in [1.29, 1.82) is 0 Å².